The lowest BCUT2D eigenvalue weighted by Crippen LogP contribution is -2.25. The van der Waals surface area contributed by atoms with Gasteiger partial charge in [-0.15, -0.1) is 0 Å². The summed E-state index contributed by atoms with van der Waals surface area (Å²) in [5, 5.41) is 0. The molecule has 0 bridgehead atoms. The predicted molar refractivity (Wildman–Crippen MR) is 48.4 cm³/mol. The van der Waals surface area contributed by atoms with Gasteiger partial charge in [-0.1, -0.05) is 31.4 Å². The average molecular weight is 150 g/mol. The largest absolute Gasteiger partial charge is 0.0673 e. The van der Waals surface area contributed by atoms with Gasteiger partial charge in [0.2, 0.25) is 0 Å². The summed E-state index contributed by atoms with van der Waals surface area (Å²) in [5.74, 6) is 1.84. The first-order chi connectivity index (χ1) is 5.30. The minimum Gasteiger partial charge on any atom is -0.0673 e. The van der Waals surface area contributed by atoms with Crippen LogP contribution in [0, 0.1) is 11.8 Å². The molecule has 0 N–H and O–H groups in total. The van der Waals surface area contributed by atoms with Crippen LogP contribution < -0.4 is 0 Å². The molecule has 0 heteroatoms. The first kappa shape index (κ1) is 7.39. The van der Waals surface area contributed by atoms with Crippen LogP contribution in [0.1, 0.15) is 46.0 Å². The molecule has 2 atom stereocenters. The topological polar surface area (TPSA) is 0 Å². The summed E-state index contributed by atoms with van der Waals surface area (Å²) < 4.78 is 0. The van der Waals surface area contributed by atoms with Crippen molar-refractivity contribution in [3.63, 3.8) is 0 Å². The van der Waals surface area contributed by atoms with Crippen molar-refractivity contribution in [2.75, 3.05) is 0 Å². The maximum atomic E-state index is 2.40. The second-order valence-electron chi connectivity index (χ2n) is 4.19. The van der Waals surface area contributed by atoms with Gasteiger partial charge in [0.1, 0.15) is 0 Å². The second kappa shape index (κ2) is 2.66. The summed E-state index contributed by atoms with van der Waals surface area (Å²) in [6, 6.07) is 0. The first-order valence-corrected chi connectivity index (χ1v) is 5.02. The van der Waals surface area contributed by atoms with Gasteiger partial charge in [-0.25, -0.2) is 0 Å². The number of allylic oxidation sites excluding steroid dienone is 2. The highest BCUT2D eigenvalue weighted by Crippen LogP contribution is 2.46. The molecule has 0 amide bonds. The average Bonchev–Trinajstić information content (AvgIpc) is 2.25. The van der Waals surface area contributed by atoms with E-state index in [1.807, 2.05) is 11.1 Å². The van der Waals surface area contributed by atoms with Crippen LogP contribution in [0.2, 0.25) is 0 Å². The summed E-state index contributed by atoms with van der Waals surface area (Å²) in [6.45, 7) is 4.80. The summed E-state index contributed by atoms with van der Waals surface area (Å²) >= 11 is 0. The normalized spacial score (nSPS) is 37.6. The smallest absolute Gasteiger partial charge is 0.0166 e. The van der Waals surface area contributed by atoms with Crippen LogP contribution in [0.25, 0.3) is 0 Å². The highest BCUT2D eigenvalue weighted by Gasteiger charge is 2.33. The van der Waals surface area contributed by atoms with Crippen LogP contribution in [0.3, 0.4) is 0 Å². The van der Waals surface area contributed by atoms with Crippen molar-refractivity contribution in [2.45, 2.75) is 46.0 Å². The van der Waals surface area contributed by atoms with E-state index < -0.39 is 0 Å². The van der Waals surface area contributed by atoms with E-state index in [0.29, 0.717) is 0 Å². The fourth-order valence-electron chi connectivity index (χ4n) is 2.68. The van der Waals surface area contributed by atoms with E-state index in [1.54, 1.807) is 0 Å². The Morgan fingerprint density at radius 2 is 1.27 bits per heavy atom. The number of hydrogen-bond acceptors (Lipinski definition) is 0. The Bertz CT molecular complexity index is 168. The van der Waals surface area contributed by atoms with E-state index >= 15 is 0 Å². The highest BCUT2D eigenvalue weighted by molar-refractivity contribution is 5.31. The second-order valence-corrected chi connectivity index (χ2v) is 4.19. The van der Waals surface area contributed by atoms with Gasteiger partial charge in [-0.05, 0) is 37.5 Å². The fourth-order valence-corrected chi connectivity index (χ4v) is 2.68. The van der Waals surface area contributed by atoms with Crippen molar-refractivity contribution in [3.05, 3.63) is 11.1 Å². The van der Waals surface area contributed by atoms with E-state index in [0.717, 1.165) is 11.8 Å². The zero-order valence-corrected chi connectivity index (χ0v) is 7.69. The van der Waals surface area contributed by atoms with E-state index in [-0.39, 0.29) is 0 Å². The molecule has 0 unspecified atom stereocenters. The Balaban J connectivity index is 2.16. The molecule has 0 aromatic rings. The van der Waals surface area contributed by atoms with Gasteiger partial charge in [-0.3, -0.25) is 0 Å². The quantitative estimate of drug-likeness (QED) is 0.463. The van der Waals surface area contributed by atoms with Crippen molar-refractivity contribution >= 4 is 0 Å². The summed E-state index contributed by atoms with van der Waals surface area (Å²) in [7, 11) is 0. The molecule has 0 saturated carbocycles. The Morgan fingerprint density at radius 1 is 0.818 bits per heavy atom. The molecule has 0 nitrogen and oxygen atoms in total. The van der Waals surface area contributed by atoms with Crippen LogP contribution in [-0.4, -0.2) is 0 Å². The monoisotopic (exact) mass is 150 g/mol. The molecule has 11 heavy (non-hydrogen) atoms. The Morgan fingerprint density at radius 3 is 1.73 bits per heavy atom. The number of hydrogen-bond donors (Lipinski definition) is 0. The lowest BCUT2D eigenvalue weighted by atomic mass is 9.68. The SMILES string of the molecule is C[C@@H]1C2=C(CCCCC2)[C@H]1C. The standard InChI is InChI=1S/C11H18/c1-8-9(2)11-7-5-3-4-6-10(8)11/h8-9H,3-7H2,1-2H3/t8-,9-/m0/s1. The third-order valence-corrected chi connectivity index (χ3v) is 3.65. The van der Waals surface area contributed by atoms with E-state index in [1.165, 1.54) is 32.1 Å². The zero-order valence-electron chi connectivity index (χ0n) is 7.69. The third-order valence-electron chi connectivity index (χ3n) is 3.65. The molecule has 2 aliphatic carbocycles. The summed E-state index contributed by atoms with van der Waals surface area (Å²) in [4.78, 5) is 0. The van der Waals surface area contributed by atoms with Gasteiger partial charge >= 0.3 is 0 Å². The van der Waals surface area contributed by atoms with Gasteiger partial charge in [0, 0.05) is 0 Å². The number of rotatable bonds is 0. The van der Waals surface area contributed by atoms with Crippen LogP contribution in [0.5, 0.6) is 0 Å². The molecular formula is C11H18. The Labute approximate surface area is 69.7 Å². The minimum atomic E-state index is 0.920. The van der Waals surface area contributed by atoms with Crippen LogP contribution in [0.15, 0.2) is 11.1 Å². The zero-order chi connectivity index (χ0) is 7.84. The Hall–Kier alpha value is -0.260. The minimum absolute atomic E-state index is 0.920. The molecule has 0 aromatic carbocycles. The van der Waals surface area contributed by atoms with Gasteiger partial charge in [0.25, 0.3) is 0 Å². The summed E-state index contributed by atoms with van der Waals surface area (Å²) in [6.07, 6.45) is 7.21. The fraction of sp³-hybridized carbons (Fsp3) is 0.818. The highest BCUT2D eigenvalue weighted by atomic mass is 14.4. The molecule has 0 saturated heterocycles. The van der Waals surface area contributed by atoms with Gasteiger partial charge in [-0.2, -0.15) is 0 Å². The lowest BCUT2D eigenvalue weighted by molar-refractivity contribution is 0.401. The lowest BCUT2D eigenvalue weighted by Gasteiger charge is -2.37. The maximum absolute atomic E-state index is 2.40. The van der Waals surface area contributed by atoms with Crippen molar-refractivity contribution in [1.29, 1.82) is 0 Å². The molecule has 2 rings (SSSR count). The molecular weight excluding hydrogens is 132 g/mol. The molecule has 0 fully saturated rings. The molecule has 62 valence electrons. The van der Waals surface area contributed by atoms with Crippen LogP contribution in [0.4, 0.5) is 0 Å². The first-order valence-electron chi connectivity index (χ1n) is 5.02. The molecule has 2 aliphatic rings. The van der Waals surface area contributed by atoms with Crippen LogP contribution in [-0.2, 0) is 0 Å². The van der Waals surface area contributed by atoms with Gasteiger partial charge < -0.3 is 0 Å². The van der Waals surface area contributed by atoms with Crippen molar-refractivity contribution in [3.8, 4) is 0 Å². The summed E-state index contributed by atoms with van der Waals surface area (Å²) in [5.41, 5.74) is 3.66. The third kappa shape index (κ3) is 1.04. The van der Waals surface area contributed by atoms with E-state index in [9.17, 15) is 0 Å². The Kier molecular flexibility index (Phi) is 1.78. The van der Waals surface area contributed by atoms with Crippen LogP contribution >= 0.6 is 0 Å². The predicted octanol–water partition coefficient (Wildman–Crippen LogP) is 3.53. The molecule has 0 radical (unpaired) electrons. The van der Waals surface area contributed by atoms with Gasteiger partial charge in [0.05, 0.1) is 0 Å². The van der Waals surface area contributed by atoms with Crippen molar-refractivity contribution in [1.82, 2.24) is 0 Å². The molecule has 0 aliphatic heterocycles. The molecule has 0 heterocycles. The van der Waals surface area contributed by atoms with E-state index in [2.05, 4.69) is 13.8 Å². The van der Waals surface area contributed by atoms with Crippen molar-refractivity contribution in [2.24, 2.45) is 11.8 Å². The maximum Gasteiger partial charge on any atom is -0.0166 e. The molecule has 0 spiro atoms. The van der Waals surface area contributed by atoms with Crippen molar-refractivity contribution < 1.29 is 0 Å². The molecule has 0 aromatic heterocycles. The van der Waals surface area contributed by atoms with E-state index in [4.69, 9.17) is 0 Å². The van der Waals surface area contributed by atoms with Gasteiger partial charge in [0.15, 0.2) is 0 Å².